The maximum Gasteiger partial charge on any atom is 0.266 e. The number of nitrogens with zero attached hydrogens (tertiary/aromatic N) is 2. The highest BCUT2D eigenvalue weighted by molar-refractivity contribution is 7.98. The van der Waals surface area contributed by atoms with Gasteiger partial charge in [-0.25, -0.2) is 4.98 Å². The van der Waals surface area contributed by atoms with Gasteiger partial charge in [-0.05, 0) is 43.2 Å². The summed E-state index contributed by atoms with van der Waals surface area (Å²) in [6.45, 7) is 3.99. The fraction of sp³-hybridized carbons (Fsp3) is 0.231. The Bertz CT molecular complexity index is 1430. The van der Waals surface area contributed by atoms with E-state index in [9.17, 15) is 4.79 Å². The van der Waals surface area contributed by atoms with Crippen molar-refractivity contribution in [3.63, 3.8) is 0 Å². The molecule has 0 radical (unpaired) electrons. The molecule has 0 fully saturated rings. The Morgan fingerprint density at radius 3 is 2.41 bits per heavy atom. The normalized spacial score (nSPS) is 11.0. The van der Waals surface area contributed by atoms with Gasteiger partial charge in [0.1, 0.15) is 5.52 Å². The van der Waals surface area contributed by atoms with Crippen LogP contribution >= 0.6 is 23.4 Å². The van der Waals surface area contributed by atoms with Crippen LogP contribution in [0.5, 0.6) is 17.2 Å². The molecule has 6 nitrogen and oxygen atoms in total. The van der Waals surface area contributed by atoms with Gasteiger partial charge < -0.3 is 14.2 Å². The number of aryl methyl sites for hydroxylation is 2. The van der Waals surface area contributed by atoms with E-state index in [0.717, 1.165) is 11.1 Å². The molecule has 0 aliphatic carbocycles. The number of ether oxygens (including phenoxy) is 3. The molecule has 4 rings (SSSR count). The summed E-state index contributed by atoms with van der Waals surface area (Å²) in [7, 11) is 4.56. The molecule has 0 amide bonds. The molecule has 1 aromatic heterocycles. The lowest BCUT2D eigenvalue weighted by Crippen LogP contribution is -2.23. The van der Waals surface area contributed by atoms with Crippen molar-refractivity contribution in [2.24, 2.45) is 0 Å². The molecule has 1 heterocycles. The number of rotatable bonds is 7. The van der Waals surface area contributed by atoms with E-state index < -0.39 is 0 Å². The quantitative estimate of drug-likeness (QED) is 0.232. The first-order valence-electron chi connectivity index (χ1n) is 10.6. The molecule has 34 heavy (non-hydrogen) atoms. The number of halogens is 1. The van der Waals surface area contributed by atoms with Gasteiger partial charge in [-0.1, -0.05) is 59.3 Å². The Hall–Kier alpha value is -3.16. The first kappa shape index (κ1) is 24.0. The predicted octanol–water partition coefficient (Wildman–Crippen LogP) is 5.97. The van der Waals surface area contributed by atoms with E-state index in [1.54, 1.807) is 22.8 Å². The van der Waals surface area contributed by atoms with Crippen molar-refractivity contribution in [3.05, 3.63) is 80.6 Å². The van der Waals surface area contributed by atoms with Crippen molar-refractivity contribution in [3.8, 4) is 22.9 Å². The Balaban J connectivity index is 2.01. The average molecular weight is 497 g/mol. The van der Waals surface area contributed by atoms with Crippen LogP contribution in [0, 0.1) is 13.8 Å². The first-order chi connectivity index (χ1) is 16.4. The van der Waals surface area contributed by atoms with Crippen LogP contribution in [0.2, 0.25) is 5.02 Å². The SMILES string of the molecule is COc1cc2c(=O)n(-c3cc(Cl)ccc3C)c(SCc3cccc(C)c3)nc2c(OC)c1OC. The fourth-order valence-corrected chi connectivity index (χ4v) is 4.96. The standard InChI is InChI=1S/C26H25ClN2O4S/c1-15-7-6-8-17(11-15)14-34-26-28-22-19(13-21(31-3)23(32-4)24(22)33-5)25(30)29(26)20-12-18(27)10-9-16(20)2/h6-13H,14H2,1-5H3. The minimum Gasteiger partial charge on any atom is -0.493 e. The minimum atomic E-state index is -0.249. The Kier molecular flexibility index (Phi) is 7.05. The highest BCUT2D eigenvalue weighted by Crippen LogP contribution is 2.42. The number of methoxy groups -OCH3 is 3. The Morgan fingerprint density at radius 2 is 1.74 bits per heavy atom. The van der Waals surface area contributed by atoms with Crippen molar-refractivity contribution in [2.75, 3.05) is 21.3 Å². The van der Waals surface area contributed by atoms with Crippen molar-refractivity contribution < 1.29 is 14.2 Å². The summed E-state index contributed by atoms with van der Waals surface area (Å²) in [5.74, 6) is 1.76. The van der Waals surface area contributed by atoms with E-state index in [-0.39, 0.29) is 5.56 Å². The molecule has 4 aromatic rings. The van der Waals surface area contributed by atoms with Crippen LogP contribution in [0.1, 0.15) is 16.7 Å². The van der Waals surface area contributed by atoms with Crippen LogP contribution in [0.15, 0.2) is 58.5 Å². The fourth-order valence-electron chi connectivity index (χ4n) is 3.85. The van der Waals surface area contributed by atoms with Crippen LogP contribution in [-0.4, -0.2) is 30.9 Å². The largest absolute Gasteiger partial charge is 0.493 e. The zero-order valence-corrected chi connectivity index (χ0v) is 21.2. The lowest BCUT2D eigenvalue weighted by atomic mass is 10.1. The second-order valence-corrected chi connectivity index (χ2v) is 9.16. The van der Waals surface area contributed by atoms with E-state index in [0.29, 0.717) is 49.8 Å². The molecule has 0 aliphatic rings. The average Bonchev–Trinajstić information content (AvgIpc) is 2.83. The van der Waals surface area contributed by atoms with Crippen molar-refractivity contribution in [2.45, 2.75) is 24.8 Å². The van der Waals surface area contributed by atoms with E-state index in [2.05, 4.69) is 25.1 Å². The van der Waals surface area contributed by atoms with Crippen LogP contribution in [0.3, 0.4) is 0 Å². The monoisotopic (exact) mass is 496 g/mol. The molecule has 0 N–H and O–H groups in total. The summed E-state index contributed by atoms with van der Waals surface area (Å²) in [5, 5.41) is 1.41. The second kappa shape index (κ2) is 9.99. The van der Waals surface area contributed by atoms with Crippen LogP contribution < -0.4 is 19.8 Å². The number of fused-ring (bicyclic) bond motifs is 1. The van der Waals surface area contributed by atoms with Gasteiger partial charge in [0.15, 0.2) is 16.7 Å². The minimum absolute atomic E-state index is 0.249. The van der Waals surface area contributed by atoms with E-state index >= 15 is 0 Å². The molecule has 0 bridgehead atoms. The van der Waals surface area contributed by atoms with Gasteiger partial charge in [-0.2, -0.15) is 0 Å². The maximum absolute atomic E-state index is 13.9. The summed E-state index contributed by atoms with van der Waals surface area (Å²) < 4.78 is 18.2. The van der Waals surface area contributed by atoms with Gasteiger partial charge in [0.2, 0.25) is 5.75 Å². The molecular formula is C26H25ClN2O4S. The Morgan fingerprint density at radius 1 is 0.971 bits per heavy atom. The predicted molar refractivity (Wildman–Crippen MR) is 137 cm³/mol. The van der Waals surface area contributed by atoms with E-state index in [1.165, 1.54) is 38.7 Å². The number of benzene rings is 3. The molecule has 0 aliphatic heterocycles. The zero-order valence-electron chi connectivity index (χ0n) is 19.6. The molecule has 0 spiro atoms. The molecule has 0 saturated heterocycles. The van der Waals surface area contributed by atoms with Crippen LogP contribution in [0.25, 0.3) is 16.6 Å². The highest BCUT2D eigenvalue weighted by atomic mass is 35.5. The lowest BCUT2D eigenvalue weighted by molar-refractivity contribution is 0.326. The van der Waals surface area contributed by atoms with Gasteiger partial charge in [-0.15, -0.1) is 0 Å². The third-order valence-corrected chi connectivity index (χ3v) is 6.74. The van der Waals surface area contributed by atoms with Gasteiger partial charge in [0.25, 0.3) is 5.56 Å². The molecular weight excluding hydrogens is 472 g/mol. The van der Waals surface area contributed by atoms with Gasteiger partial charge >= 0.3 is 0 Å². The molecule has 0 saturated carbocycles. The number of thioether (sulfide) groups is 1. The molecule has 8 heteroatoms. The van der Waals surface area contributed by atoms with E-state index in [4.69, 9.17) is 30.8 Å². The Labute approximate surface area is 207 Å². The van der Waals surface area contributed by atoms with Gasteiger partial charge in [0.05, 0.1) is 32.4 Å². The van der Waals surface area contributed by atoms with E-state index in [1.807, 2.05) is 19.1 Å². The summed E-state index contributed by atoms with van der Waals surface area (Å²) in [5.41, 5.74) is 4.04. The third kappa shape index (κ3) is 4.45. The van der Waals surface area contributed by atoms with Crippen molar-refractivity contribution >= 4 is 34.3 Å². The molecule has 176 valence electrons. The third-order valence-electron chi connectivity index (χ3n) is 5.50. The van der Waals surface area contributed by atoms with Crippen molar-refractivity contribution in [1.82, 2.24) is 9.55 Å². The zero-order chi connectivity index (χ0) is 24.4. The molecule has 0 unspecified atom stereocenters. The van der Waals surface area contributed by atoms with Crippen molar-refractivity contribution in [1.29, 1.82) is 0 Å². The smallest absolute Gasteiger partial charge is 0.266 e. The summed E-state index contributed by atoms with van der Waals surface area (Å²) >= 11 is 7.79. The lowest BCUT2D eigenvalue weighted by Gasteiger charge is -2.18. The van der Waals surface area contributed by atoms with Crippen LogP contribution in [0.4, 0.5) is 0 Å². The first-order valence-corrected chi connectivity index (χ1v) is 11.9. The topological polar surface area (TPSA) is 62.6 Å². The summed E-state index contributed by atoms with van der Waals surface area (Å²) in [6.07, 6.45) is 0. The second-order valence-electron chi connectivity index (χ2n) is 7.78. The summed E-state index contributed by atoms with van der Waals surface area (Å²) in [4.78, 5) is 18.8. The number of hydrogen-bond donors (Lipinski definition) is 0. The van der Waals surface area contributed by atoms with Gasteiger partial charge in [-0.3, -0.25) is 9.36 Å². The number of aromatic nitrogens is 2. The highest BCUT2D eigenvalue weighted by Gasteiger charge is 2.23. The molecule has 0 atom stereocenters. The number of hydrogen-bond acceptors (Lipinski definition) is 6. The molecule has 3 aromatic carbocycles. The summed E-state index contributed by atoms with van der Waals surface area (Å²) in [6, 6.07) is 15.4. The van der Waals surface area contributed by atoms with Crippen LogP contribution in [-0.2, 0) is 5.75 Å². The maximum atomic E-state index is 13.9. The van der Waals surface area contributed by atoms with Gasteiger partial charge in [0, 0.05) is 10.8 Å².